The van der Waals surface area contributed by atoms with E-state index in [2.05, 4.69) is 20.8 Å². The molecule has 140 valence electrons. The molecule has 0 spiro atoms. The van der Waals surface area contributed by atoms with Gasteiger partial charge in [-0.25, -0.2) is 4.79 Å². The molecule has 0 heterocycles. The van der Waals surface area contributed by atoms with Crippen molar-refractivity contribution < 1.29 is 19.0 Å². The average Bonchev–Trinajstić information content (AvgIpc) is 2.68. The highest BCUT2D eigenvalue weighted by molar-refractivity contribution is 5.91. The van der Waals surface area contributed by atoms with E-state index in [-0.39, 0.29) is 0 Å². The van der Waals surface area contributed by atoms with Gasteiger partial charge in [0.15, 0.2) is 0 Å². The third-order valence-electron chi connectivity index (χ3n) is 4.12. The maximum atomic E-state index is 12.2. The van der Waals surface area contributed by atoms with Crippen molar-refractivity contribution in [2.24, 2.45) is 5.92 Å². The molecule has 0 amide bonds. The van der Waals surface area contributed by atoms with Gasteiger partial charge in [-0.05, 0) is 60.9 Å². The summed E-state index contributed by atoms with van der Waals surface area (Å²) in [5.74, 6) is 2.16. The number of carbonyl (C=O) groups is 1. The molecular weight excluding hydrogens is 328 g/mol. The molecule has 26 heavy (non-hydrogen) atoms. The average molecular weight is 356 g/mol. The van der Waals surface area contributed by atoms with E-state index in [1.54, 1.807) is 36.4 Å². The maximum Gasteiger partial charge on any atom is 0.343 e. The predicted molar refractivity (Wildman–Crippen MR) is 103 cm³/mol. The molecule has 0 aliphatic carbocycles. The van der Waals surface area contributed by atoms with Crippen LogP contribution in [0.5, 0.6) is 17.2 Å². The summed E-state index contributed by atoms with van der Waals surface area (Å²) in [5.41, 5.74) is 0.491. The predicted octanol–water partition coefficient (Wildman–Crippen LogP) is 5.51. The number of ether oxygens (including phenoxy) is 3. The van der Waals surface area contributed by atoms with Crippen molar-refractivity contribution in [2.75, 3.05) is 13.2 Å². The lowest BCUT2D eigenvalue weighted by Crippen LogP contribution is -2.09. The number of unbranched alkanes of at least 4 members (excludes halogenated alkanes) is 1. The van der Waals surface area contributed by atoms with E-state index in [1.165, 1.54) is 0 Å². The van der Waals surface area contributed by atoms with Crippen LogP contribution in [0, 0.1) is 5.92 Å². The van der Waals surface area contributed by atoms with Crippen molar-refractivity contribution in [3.8, 4) is 17.2 Å². The summed E-state index contributed by atoms with van der Waals surface area (Å²) in [6.45, 7) is 7.78. The molecule has 2 rings (SSSR count). The number of hydrogen-bond donors (Lipinski definition) is 0. The molecule has 0 saturated heterocycles. The van der Waals surface area contributed by atoms with Crippen LogP contribution in [0.4, 0.5) is 0 Å². The second-order valence-corrected chi connectivity index (χ2v) is 6.41. The molecule has 2 aromatic carbocycles. The lowest BCUT2D eigenvalue weighted by Gasteiger charge is -2.11. The fourth-order valence-corrected chi connectivity index (χ4v) is 2.15. The fourth-order valence-electron chi connectivity index (χ4n) is 2.15. The van der Waals surface area contributed by atoms with Gasteiger partial charge in [-0.1, -0.05) is 33.6 Å². The van der Waals surface area contributed by atoms with Gasteiger partial charge in [0, 0.05) is 0 Å². The summed E-state index contributed by atoms with van der Waals surface area (Å²) in [6.07, 6.45) is 3.19. The van der Waals surface area contributed by atoms with Crippen LogP contribution in [0.2, 0.25) is 0 Å². The Kier molecular flexibility index (Phi) is 8.00. The number of hydrogen-bond acceptors (Lipinski definition) is 4. The Morgan fingerprint density at radius 3 is 2.08 bits per heavy atom. The summed E-state index contributed by atoms with van der Waals surface area (Å²) in [5, 5.41) is 0. The molecule has 0 aliphatic heterocycles. The van der Waals surface area contributed by atoms with Crippen molar-refractivity contribution >= 4 is 5.97 Å². The van der Waals surface area contributed by atoms with Crippen LogP contribution in [0.3, 0.4) is 0 Å². The van der Waals surface area contributed by atoms with Crippen LogP contribution < -0.4 is 14.2 Å². The zero-order valence-electron chi connectivity index (χ0n) is 15.9. The zero-order chi connectivity index (χ0) is 18.8. The first kappa shape index (κ1) is 19.8. The van der Waals surface area contributed by atoms with E-state index in [0.717, 1.165) is 30.8 Å². The van der Waals surface area contributed by atoms with Crippen LogP contribution >= 0.6 is 0 Å². The molecule has 0 fully saturated rings. The molecule has 1 unspecified atom stereocenters. The smallest absolute Gasteiger partial charge is 0.343 e. The lowest BCUT2D eigenvalue weighted by molar-refractivity contribution is 0.0734. The first-order valence-electron chi connectivity index (χ1n) is 9.30. The Balaban J connectivity index is 1.86. The van der Waals surface area contributed by atoms with E-state index in [0.29, 0.717) is 30.4 Å². The molecule has 0 bridgehead atoms. The summed E-state index contributed by atoms with van der Waals surface area (Å²) in [6, 6.07) is 14.1. The standard InChI is InChI=1S/C22H28O4/c1-4-6-15-24-19-9-7-18(8-10-19)22(23)26-21-13-11-20(12-14-21)25-16-17(3)5-2/h7-14,17H,4-6,15-16H2,1-3H3. The SMILES string of the molecule is CCCCOc1ccc(C(=O)Oc2ccc(OCC(C)CC)cc2)cc1. The van der Waals surface area contributed by atoms with Crippen molar-refractivity contribution in [3.63, 3.8) is 0 Å². The highest BCUT2D eigenvalue weighted by Crippen LogP contribution is 2.20. The monoisotopic (exact) mass is 356 g/mol. The molecular formula is C22H28O4. The third-order valence-corrected chi connectivity index (χ3v) is 4.12. The van der Waals surface area contributed by atoms with Crippen molar-refractivity contribution in [1.29, 1.82) is 0 Å². The molecule has 0 saturated carbocycles. The highest BCUT2D eigenvalue weighted by atomic mass is 16.5. The summed E-state index contributed by atoms with van der Waals surface area (Å²) in [4.78, 5) is 12.2. The van der Waals surface area contributed by atoms with Crippen molar-refractivity contribution in [1.82, 2.24) is 0 Å². The summed E-state index contributed by atoms with van der Waals surface area (Å²) < 4.78 is 16.7. The largest absolute Gasteiger partial charge is 0.494 e. The molecule has 0 radical (unpaired) electrons. The van der Waals surface area contributed by atoms with Gasteiger partial charge in [0.1, 0.15) is 17.2 Å². The Hall–Kier alpha value is -2.49. The van der Waals surface area contributed by atoms with Gasteiger partial charge in [0.2, 0.25) is 0 Å². The Morgan fingerprint density at radius 1 is 0.885 bits per heavy atom. The fraction of sp³-hybridized carbons (Fsp3) is 0.409. The van der Waals surface area contributed by atoms with Crippen LogP contribution in [0.1, 0.15) is 50.4 Å². The van der Waals surface area contributed by atoms with Crippen molar-refractivity contribution in [3.05, 3.63) is 54.1 Å². The second-order valence-electron chi connectivity index (χ2n) is 6.41. The van der Waals surface area contributed by atoms with Crippen molar-refractivity contribution in [2.45, 2.75) is 40.0 Å². The molecule has 4 heteroatoms. The van der Waals surface area contributed by atoms with Gasteiger partial charge in [-0.15, -0.1) is 0 Å². The highest BCUT2D eigenvalue weighted by Gasteiger charge is 2.09. The van der Waals surface area contributed by atoms with Gasteiger partial charge in [-0.3, -0.25) is 0 Å². The zero-order valence-corrected chi connectivity index (χ0v) is 15.9. The quantitative estimate of drug-likeness (QED) is 0.320. The van der Waals surface area contributed by atoms with Crippen LogP contribution in [0.25, 0.3) is 0 Å². The molecule has 2 aromatic rings. The second kappa shape index (κ2) is 10.5. The van der Waals surface area contributed by atoms with E-state index >= 15 is 0 Å². The minimum absolute atomic E-state index is 0.390. The maximum absolute atomic E-state index is 12.2. The van der Waals surface area contributed by atoms with Gasteiger partial charge >= 0.3 is 5.97 Å². The summed E-state index contributed by atoms with van der Waals surface area (Å²) >= 11 is 0. The third kappa shape index (κ3) is 6.43. The number of esters is 1. The first-order valence-corrected chi connectivity index (χ1v) is 9.30. The Morgan fingerprint density at radius 2 is 1.46 bits per heavy atom. The van der Waals surface area contributed by atoms with Crippen LogP contribution in [0.15, 0.2) is 48.5 Å². The first-order chi connectivity index (χ1) is 12.6. The Labute approximate surface area is 156 Å². The molecule has 1 atom stereocenters. The normalized spacial score (nSPS) is 11.7. The molecule has 0 N–H and O–H groups in total. The Bertz CT molecular complexity index is 662. The van der Waals surface area contributed by atoms with Gasteiger partial charge < -0.3 is 14.2 Å². The van der Waals surface area contributed by atoms with Gasteiger partial charge in [-0.2, -0.15) is 0 Å². The van der Waals surface area contributed by atoms with E-state index in [1.807, 2.05) is 12.1 Å². The van der Waals surface area contributed by atoms with E-state index in [9.17, 15) is 4.79 Å². The number of rotatable bonds is 10. The number of carbonyl (C=O) groups excluding carboxylic acids is 1. The molecule has 0 aromatic heterocycles. The lowest BCUT2D eigenvalue weighted by atomic mass is 10.1. The van der Waals surface area contributed by atoms with Crippen LogP contribution in [-0.2, 0) is 0 Å². The van der Waals surface area contributed by atoms with E-state index in [4.69, 9.17) is 14.2 Å². The number of benzene rings is 2. The summed E-state index contributed by atoms with van der Waals surface area (Å²) in [7, 11) is 0. The minimum atomic E-state index is -0.390. The minimum Gasteiger partial charge on any atom is -0.494 e. The van der Waals surface area contributed by atoms with Gasteiger partial charge in [0.25, 0.3) is 0 Å². The molecule has 0 aliphatic rings. The molecule has 4 nitrogen and oxygen atoms in total. The topological polar surface area (TPSA) is 44.8 Å². The van der Waals surface area contributed by atoms with E-state index < -0.39 is 5.97 Å². The van der Waals surface area contributed by atoms with Gasteiger partial charge in [0.05, 0.1) is 18.8 Å². The van der Waals surface area contributed by atoms with Crippen LogP contribution in [-0.4, -0.2) is 19.2 Å².